The number of nitrogens with one attached hydrogen (secondary N) is 2. The number of ether oxygens (including phenoxy) is 4. The number of urea groups is 1. The van der Waals surface area contributed by atoms with Crippen LogP contribution in [0.5, 0.6) is 0 Å². The molecule has 1 aromatic carbocycles. The lowest BCUT2D eigenvalue weighted by atomic mass is 10.1. The first kappa shape index (κ1) is 25.4. The molecule has 1 saturated heterocycles. The van der Waals surface area contributed by atoms with Crippen LogP contribution in [0.3, 0.4) is 0 Å². The van der Waals surface area contributed by atoms with Gasteiger partial charge in [0.05, 0.1) is 0 Å². The molecule has 2 amide bonds. The number of hydrogen-bond donors (Lipinski definition) is 2. The highest BCUT2D eigenvalue weighted by molar-refractivity contribution is 5.99. The van der Waals surface area contributed by atoms with Gasteiger partial charge in [-0.1, -0.05) is 18.2 Å². The third kappa shape index (κ3) is 6.86. The van der Waals surface area contributed by atoms with Crippen molar-refractivity contribution < 1.29 is 38.1 Å². The van der Waals surface area contributed by atoms with E-state index >= 15 is 0 Å². The first-order valence-electron chi connectivity index (χ1n) is 10.5. The summed E-state index contributed by atoms with van der Waals surface area (Å²) in [6.07, 6.45) is -3.42. The van der Waals surface area contributed by atoms with E-state index in [1.54, 1.807) is 30.3 Å². The molecule has 2 heterocycles. The molecule has 1 fully saturated rings. The molecule has 35 heavy (non-hydrogen) atoms. The van der Waals surface area contributed by atoms with Crippen molar-refractivity contribution in [2.45, 2.75) is 45.3 Å². The quantitative estimate of drug-likeness (QED) is 0.427. The first-order chi connectivity index (χ1) is 16.6. The summed E-state index contributed by atoms with van der Waals surface area (Å²) < 4.78 is 22.3. The second-order valence-corrected chi connectivity index (χ2v) is 7.46. The van der Waals surface area contributed by atoms with Crippen LogP contribution < -0.4 is 16.3 Å². The number of anilines is 2. The Hall–Kier alpha value is -4.26. The van der Waals surface area contributed by atoms with Crippen molar-refractivity contribution >= 4 is 35.4 Å². The Bertz CT molecular complexity index is 1150. The van der Waals surface area contributed by atoms with Crippen molar-refractivity contribution in [2.75, 3.05) is 17.2 Å². The number of para-hydroxylation sites is 1. The van der Waals surface area contributed by atoms with Crippen molar-refractivity contribution in [1.82, 2.24) is 9.55 Å². The maximum atomic E-state index is 12.8. The molecule has 1 aliphatic rings. The Kier molecular flexibility index (Phi) is 8.15. The topological polar surface area (TPSA) is 164 Å². The zero-order valence-electron chi connectivity index (χ0n) is 19.1. The van der Waals surface area contributed by atoms with Gasteiger partial charge in [0.15, 0.2) is 18.4 Å². The molecule has 0 radical (unpaired) electrons. The second-order valence-electron chi connectivity index (χ2n) is 7.46. The molecule has 0 saturated carbocycles. The minimum Gasteiger partial charge on any atom is -0.463 e. The molecule has 2 N–H and O–H groups in total. The van der Waals surface area contributed by atoms with Gasteiger partial charge in [-0.25, -0.2) is 9.59 Å². The summed E-state index contributed by atoms with van der Waals surface area (Å²) in [6.45, 7) is 3.16. The minimum absolute atomic E-state index is 0.0466. The number of rotatable bonds is 7. The average molecular weight is 488 g/mol. The normalized spacial score (nSPS) is 21.0. The van der Waals surface area contributed by atoms with E-state index in [4.69, 9.17) is 18.9 Å². The van der Waals surface area contributed by atoms with E-state index < -0.39 is 54.2 Å². The van der Waals surface area contributed by atoms with Crippen LogP contribution in [0.4, 0.5) is 16.3 Å². The van der Waals surface area contributed by atoms with Gasteiger partial charge < -0.3 is 24.3 Å². The van der Waals surface area contributed by atoms with Crippen LogP contribution in [0.2, 0.25) is 0 Å². The molecule has 0 bridgehead atoms. The van der Waals surface area contributed by atoms with Crippen LogP contribution in [0.1, 0.15) is 27.0 Å². The summed E-state index contributed by atoms with van der Waals surface area (Å²) in [6, 6.07) is 9.36. The predicted octanol–water partition coefficient (Wildman–Crippen LogP) is 1.21. The summed E-state index contributed by atoms with van der Waals surface area (Å²) in [5.74, 6) is -2.06. The van der Waals surface area contributed by atoms with Crippen molar-refractivity contribution in [2.24, 2.45) is 0 Å². The highest BCUT2D eigenvalue weighted by Crippen LogP contribution is 2.33. The standard InChI is InChI=1S/C22H24N4O9/c1-12(27)32-11-16-18(33-13(2)28)19(34-14(3)29)20(35-16)26-10-9-17(25-22(26)31)24-21(30)23-15-7-5-4-6-8-15/h4-10,16,18-20H,11H2,1-3H3,(H2,23,24,25,30,31)/t16-,18-,19-,20-/m1/s1. The second kappa shape index (κ2) is 11.2. The fourth-order valence-electron chi connectivity index (χ4n) is 3.39. The molecule has 13 nitrogen and oxygen atoms in total. The summed E-state index contributed by atoms with van der Waals surface area (Å²) >= 11 is 0. The fourth-order valence-corrected chi connectivity index (χ4v) is 3.39. The largest absolute Gasteiger partial charge is 0.463 e. The lowest BCUT2D eigenvalue weighted by Crippen LogP contribution is -2.41. The maximum Gasteiger partial charge on any atom is 0.351 e. The number of carbonyl (C=O) groups excluding carboxylic acids is 4. The summed E-state index contributed by atoms with van der Waals surface area (Å²) in [4.78, 5) is 63.4. The maximum absolute atomic E-state index is 12.8. The minimum atomic E-state index is -1.25. The number of hydrogen-bond acceptors (Lipinski definition) is 10. The number of aromatic nitrogens is 2. The molecular weight excluding hydrogens is 464 g/mol. The number of esters is 3. The monoisotopic (exact) mass is 488 g/mol. The SMILES string of the molecule is CC(=O)OC[C@H]1O[C@@H](n2ccc(NC(=O)Nc3ccccc3)nc2=O)[C@H](OC(C)=O)[C@@H]1OC(C)=O. The first-order valence-corrected chi connectivity index (χ1v) is 10.5. The van der Waals surface area contributed by atoms with Gasteiger partial charge in [-0.2, -0.15) is 4.98 Å². The van der Waals surface area contributed by atoms with E-state index in [9.17, 15) is 24.0 Å². The Morgan fingerprint density at radius 3 is 2.20 bits per heavy atom. The van der Waals surface area contributed by atoms with E-state index in [-0.39, 0.29) is 12.4 Å². The van der Waals surface area contributed by atoms with Gasteiger partial charge in [0.2, 0.25) is 0 Å². The molecule has 2 aromatic rings. The highest BCUT2D eigenvalue weighted by Gasteiger charge is 2.50. The van der Waals surface area contributed by atoms with Crippen LogP contribution in [0, 0.1) is 0 Å². The molecule has 0 spiro atoms. The van der Waals surface area contributed by atoms with Crippen LogP contribution in [0.25, 0.3) is 0 Å². The molecule has 1 aliphatic heterocycles. The highest BCUT2D eigenvalue weighted by atomic mass is 16.7. The smallest absolute Gasteiger partial charge is 0.351 e. The third-order valence-electron chi connectivity index (χ3n) is 4.72. The van der Waals surface area contributed by atoms with Crippen LogP contribution in [-0.4, -0.2) is 58.4 Å². The molecular formula is C22H24N4O9. The summed E-state index contributed by atoms with van der Waals surface area (Å²) in [5, 5.41) is 5.03. The number of carbonyl (C=O) groups is 4. The van der Waals surface area contributed by atoms with Crippen molar-refractivity contribution in [3.63, 3.8) is 0 Å². The van der Waals surface area contributed by atoms with Crippen LogP contribution in [0.15, 0.2) is 47.4 Å². The zero-order valence-corrected chi connectivity index (χ0v) is 19.1. The molecule has 0 aliphatic carbocycles. The number of benzene rings is 1. The summed E-state index contributed by atoms with van der Waals surface area (Å²) in [5.41, 5.74) is -0.309. The van der Waals surface area contributed by atoms with Crippen molar-refractivity contribution in [3.8, 4) is 0 Å². The van der Waals surface area contributed by atoms with Crippen LogP contribution in [-0.2, 0) is 33.3 Å². The lowest BCUT2D eigenvalue weighted by molar-refractivity contribution is -0.166. The van der Waals surface area contributed by atoms with E-state index in [1.165, 1.54) is 19.2 Å². The Balaban J connectivity index is 1.82. The van der Waals surface area contributed by atoms with Gasteiger partial charge in [0.1, 0.15) is 18.5 Å². The summed E-state index contributed by atoms with van der Waals surface area (Å²) in [7, 11) is 0. The molecule has 1 aromatic heterocycles. The fraction of sp³-hybridized carbons (Fsp3) is 0.364. The van der Waals surface area contributed by atoms with Gasteiger partial charge in [-0.15, -0.1) is 0 Å². The molecule has 186 valence electrons. The van der Waals surface area contributed by atoms with Gasteiger partial charge in [-0.05, 0) is 18.2 Å². The van der Waals surface area contributed by atoms with Gasteiger partial charge in [0, 0.05) is 32.7 Å². The van der Waals surface area contributed by atoms with Crippen LogP contribution >= 0.6 is 0 Å². The van der Waals surface area contributed by atoms with Gasteiger partial charge in [0.25, 0.3) is 0 Å². The molecule has 13 heteroatoms. The Labute approximate surface area is 199 Å². The Morgan fingerprint density at radius 2 is 1.60 bits per heavy atom. The number of amides is 2. The van der Waals surface area contributed by atoms with Gasteiger partial charge in [-0.3, -0.25) is 24.3 Å². The van der Waals surface area contributed by atoms with Gasteiger partial charge >= 0.3 is 29.6 Å². The van der Waals surface area contributed by atoms with Crippen molar-refractivity contribution in [3.05, 3.63) is 53.1 Å². The molecule has 4 atom stereocenters. The average Bonchev–Trinajstić information content (AvgIpc) is 3.08. The zero-order chi connectivity index (χ0) is 25.5. The van der Waals surface area contributed by atoms with E-state index in [0.29, 0.717) is 5.69 Å². The molecule has 3 rings (SSSR count). The lowest BCUT2D eigenvalue weighted by Gasteiger charge is -2.23. The Morgan fingerprint density at radius 1 is 0.943 bits per heavy atom. The third-order valence-corrected chi connectivity index (χ3v) is 4.72. The molecule has 0 unspecified atom stereocenters. The van der Waals surface area contributed by atoms with E-state index in [0.717, 1.165) is 18.4 Å². The number of nitrogens with zero attached hydrogens (tertiary/aromatic N) is 2. The predicted molar refractivity (Wildman–Crippen MR) is 119 cm³/mol. The van der Waals surface area contributed by atoms with Crippen molar-refractivity contribution in [1.29, 1.82) is 0 Å². The van der Waals surface area contributed by atoms with E-state index in [2.05, 4.69) is 15.6 Å². The van der Waals surface area contributed by atoms with E-state index in [1.807, 2.05) is 0 Å².